The minimum atomic E-state index is 0.0733. The Labute approximate surface area is 104 Å². The topological polar surface area (TPSA) is 40.7 Å². The second-order valence-corrected chi connectivity index (χ2v) is 5.25. The van der Waals surface area contributed by atoms with Crippen molar-refractivity contribution in [2.45, 2.75) is 47.2 Å². The summed E-state index contributed by atoms with van der Waals surface area (Å²) in [4.78, 5) is 7.29. The van der Waals surface area contributed by atoms with Gasteiger partial charge in [-0.1, -0.05) is 13.8 Å². The van der Waals surface area contributed by atoms with E-state index in [1.807, 2.05) is 6.20 Å². The maximum Gasteiger partial charge on any atom is 0.120 e. The summed E-state index contributed by atoms with van der Waals surface area (Å²) in [6.45, 7) is 11.5. The van der Waals surface area contributed by atoms with Crippen molar-refractivity contribution in [3.8, 4) is 0 Å². The molecule has 1 rings (SSSR count). The normalized spacial score (nSPS) is 13.0. The highest BCUT2D eigenvalue weighted by atomic mass is 15.0. The monoisotopic (exact) mass is 233 g/mol. The summed E-state index contributed by atoms with van der Waals surface area (Å²) in [5.41, 5.74) is 4.57. The Balaban J connectivity index is 2.57. The van der Waals surface area contributed by atoms with Crippen molar-refractivity contribution >= 4 is 0 Å². The second-order valence-electron chi connectivity index (χ2n) is 5.25. The molecule has 0 fully saturated rings. The number of aromatic nitrogens is 2. The van der Waals surface area contributed by atoms with Gasteiger partial charge in [-0.3, -0.25) is 0 Å². The Morgan fingerprint density at radius 1 is 1.59 bits per heavy atom. The molecule has 1 aromatic rings. The fraction of sp³-hybridized carbons (Fsp3) is 0.571. The van der Waals surface area contributed by atoms with E-state index in [4.69, 9.17) is 0 Å². The van der Waals surface area contributed by atoms with Gasteiger partial charge in [-0.15, -0.1) is 5.73 Å². The van der Waals surface area contributed by atoms with Crippen LogP contribution in [0.2, 0.25) is 0 Å². The first-order valence-corrected chi connectivity index (χ1v) is 6.04. The molecule has 2 N–H and O–H groups in total. The summed E-state index contributed by atoms with van der Waals surface area (Å²) < 4.78 is 0. The second kappa shape index (κ2) is 5.85. The van der Waals surface area contributed by atoms with Gasteiger partial charge in [0.05, 0.1) is 6.54 Å². The van der Waals surface area contributed by atoms with E-state index < -0.39 is 0 Å². The van der Waals surface area contributed by atoms with Crippen LogP contribution in [0.3, 0.4) is 0 Å². The molecule has 0 spiro atoms. The summed E-state index contributed by atoms with van der Waals surface area (Å²) in [6, 6.07) is 0.361. The average Bonchev–Trinajstić information content (AvgIpc) is 2.76. The zero-order valence-corrected chi connectivity index (χ0v) is 11.5. The van der Waals surface area contributed by atoms with E-state index in [1.165, 1.54) is 5.57 Å². The SMILES string of the molecule is CC(C)=C=CC(C)(C)C(C)NCc1ncc[nH]1. The van der Waals surface area contributed by atoms with Crippen LogP contribution < -0.4 is 5.32 Å². The zero-order valence-electron chi connectivity index (χ0n) is 11.5. The molecule has 0 amide bonds. The van der Waals surface area contributed by atoms with Gasteiger partial charge in [-0.05, 0) is 32.4 Å². The maximum atomic E-state index is 4.20. The van der Waals surface area contributed by atoms with Gasteiger partial charge >= 0.3 is 0 Å². The van der Waals surface area contributed by atoms with Crippen molar-refractivity contribution in [3.05, 3.63) is 35.6 Å². The van der Waals surface area contributed by atoms with E-state index in [0.29, 0.717) is 6.04 Å². The van der Waals surface area contributed by atoms with Crippen LogP contribution in [-0.2, 0) is 6.54 Å². The van der Waals surface area contributed by atoms with Gasteiger partial charge in [0, 0.05) is 23.9 Å². The summed E-state index contributed by atoms with van der Waals surface area (Å²) in [5.74, 6) is 0.971. The summed E-state index contributed by atoms with van der Waals surface area (Å²) in [6.07, 6.45) is 5.76. The molecule has 3 heteroatoms. The summed E-state index contributed by atoms with van der Waals surface area (Å²) >= 11 is 0. The number of hydrogen-bond acceptors (Lipinski definition) is 2. The minimum absolute atomic E-state index is 0.0733. The molecule has 0 aliphatic carbocycles. The molecule has 0 saturated heterocycles. The van der Waals surface area contributed by atoms with Crippen LogP contribution in [0.25, 0.3) is 0 Å². The number of hydrogen-bond donors (Lipinski definition) is 2. The lowest BCUT2D eigenvalue weighted by molar-refractivity contribution is 0.326. The number of imidazole rings is 1. The highest BCUT2D eigenvalue weighted by molar-refractivity contribution is 5.04. The molecule has 1 atom stereocenters. The summed E-state index contributed by atoms with van der Waals surface area (Å²) in [7, 11) is 0. The van der Waals surface area contributed by atoms with E-state index in [2.05, 4.69) is 61.7 Å². The molecule has 0 radical (unpaired) electrons. The smallest absolute Gasteiger partial charge is 0.120 e. The highest BCUT2D eigenvalue weighted by Gasteiger charge is 2.22. The molecule has 0 saturated carbocycles. The molecule has 1 unspecified atom stereocenters. The third kappa shape index (κ3) is 4.59. The molecule has 94 valence electrons. The lowest BCUT2D eigenvalue weighted by atomic mass is 9.85. The molecule has 3 nitrogen and oxygen atoms in total. The Morgan fingerprint density at radius 3 is 2.82 bits per heavy atom. The van der Waals surface area contributed by atoms with Gasteiger partial charge in [0.15, 0.2) is 0 Å². The maximum absolute atomic E-state index is 4.20. The number of rotatable bonds is 5. The van der Waals surface area contributed by atoms with Crippen LogP contribution in [-0.4, -0.2) is 16.0 Å². The fourth-order valence-corrected chi connectivity index (χ4v) is 1.36. The summed E-state index contributed by atoms with van der Waals surface area (Å²) in [5, 5.41) is 3.47. The van der Waals surface area contributed by atoms with Crippen molar-refractivity contribution in [1.29, 1.82) is 0 Å². The van der Waals surface area contributed by atoms with Crippen LogP contribution >= 0.6 is 0 Å². The highest BCUT2D eigenvalue weighted by Crippen LogP contribution is 2.22. The van der Waals surface area contributed by atoms with Gasteiger partial charge in [0.25, 0.3) is 0 Å². The van der Waals surface area contributed by atoms with E-state index in [9.17, 15) is 0 Å². The van der Waals surface area contributed by atoms with Gasteiger partial charge in [-0.25, -0.2) is 4.98 Å². The van der Waals surface area contributed by atoms with Crippen molar-refractivity contribution in [3.63, 3.8) is 0 Å². The Morgan fingerprint density at radius 2 is 2.29 bits per heavy atom. The van der Waals surface area contributed by atoms with Crippen LogP contribution in [0.4, 0.5) is 0 Å². The molecular weight excluding hydrogens is 210 g/mol. The fourth-order valence-electron chi connectivity index (χ4n) is 1.36. The van der Waals surface area contributed by atoms with E-state index in [-0.39, 0.29) is 5.41 Å². The van der Waals surface area contributed by atoms with E-state index in [0.717, 1.165) is 12.4 Å². The van der Waals surface area contributed by atoms with Gasteiger partial charge in [0.1, 0.15) is 5.82 Å². The molecule has 0 bridgehead atoms. The number of nitrogens with zero attached hydrogens (tertiary/aromatic N) is 1. The molecule has 1 heterocycles. The predicted octanol–water partition coefficient (Wildman–Crippen LogP) is 3.04. The third-order valence-electron chi connectivity index (χ3n) is 2.98. The van der Waals surface area contributed by atoms with Crippen molar-refractivity contribution in [2.24, 2.45) is 5.41 Å². The number of H-pyrrole nitrogens is 1. The van der Waals surface area contributed by atoms with Crippen molar-refractivity contribution in [2.75, 3.05) is 0 Å². The first-order chi connectivity index (χ1) is 7.92. The molecular formula is C14H23N3. The molecule has 0 aromatic carbocycles. The Bertz CT molecular complexity index is 391. The quantitative estimate of drug-likeness (QED) is 0.767. The lowest BCUT2D eigenvalue weighted by Gasteiger charge is -2.28. The first kappa shape index (κ1) is 13.8. The van der Waals surface area contributed by atoms with Gasteiger partial charge in [-0.2, -0.15) is 0 Å². The molecule has 0 aliphatic rings. The van der Waals surface area contributed by atoms with Gasteiger partial charge < -0.3 is 10.3 Å². The minimum Gasteiger partial charge on any atom is -0.348 e. The lowest BCUT2D eigenvalue weighted by Crippen LogP contribution is -2.38. The van der Waals surface area contributed by atoms with Crippen molar-refractivity contribution < 1.29 is 0 Å². The van der Waals surface area contributed by atoms with Crippen LogP contribution in [0.1, 0.15) is 40.4 Å². The van der Waals surface area contributed by atoms with Crippen LogP contribution in [0.5, 0.6) is 0 Å². The van der Waals surface area contributed by atoms with Crippen LogP contribution in [0, 0.1) is 5.41 Å². The van der Waals surface area contributed by atoms with E-state index >= 15 is 0 Å². The first-order valence-electron chi connectivity index (χ1n) is 6.04. The van der Waals surface area contributed by atoms with Crippen LogP contribution in [0.15, 0.2) is 29.8 Å². The number of nitrogens with one attached hydrogen (secondary N) is 2. The largest absolute Gasteiger partial charge is 0.348 e. The number of aromatic amines is 1. The Hall–Kier alpha value is -1.31. The third-order valence-corrected chi connectivity index (χ3v) is 2.98. The molecule has 0 aliphatic heterocycles. The molecule has 1 aromatic heterocycles. The molecule has 17 heavy (non-hydrogen) atoms. The van der Waals surface area contributed by atoms with E-state index in [1.54, 1.807) is 6.20 Å². The average molecular weight is 233 g/mol. The predicted molar refractivity (Wildman–Crippen MR) is 71.6 cm³/mol. The van der Waals surface area contributed by atoms with Crippen molar-refractivity contribution in [1.82, 2.24) is 15.3 Å². The Kier molecular flexibility index (Phi) is 4.73. The zero-order chi connectivity index (χ0) is 12.9. The standard InChI is InChI=1S/C14H23N3/c1-11(2)6-7-14(4,5)12(3)17-10-13-15-8-9-16-13/h7-9,12,17H,10H2,1-5H3,(H,15,16). The van der Waals surface area contributed by atoms with Gasteiger partial charge in [0.2, 0.25) is 0 Å².